The number of aromatic nitrogens is 2. The summed E-state index contributed by atoms with van der Waals surface area (Å²) in [5.74, 6) is 0.412. The van der Waals surface area contributed by atoms with Gasteiger partial charge in [-0.2, -0.15) is 0 Å². The van der Waals surface area contributed by atoms with Gasteiger partial charge in [-0.25, -0.2) is 4.98 Å². The number of rotatable bonds is 5. The Morgan fingerprint density at radius 2 is 1.93 bits per heavy atom. The first kappa shape index (κ1) is 20.2. The molecule has 0 bridgehead atoms. The van der Waals surface area contributed by atoms with E-state index in [0.29, 0.717) is 27.6 Å². The molecule has 27 heavy (non-hydrogen) atoms. The molecule has 0 aliphatic carbocycles. The first-order chi connectivity index (χ1) is 12.9. The Bertz CT molecular complexity index is 891. The monoisotopic (exact) mass is 407 g/mol. The molecule has 5 nitrogen and oxygen atoms in total. The number of thioether (sulfide) groups is 1. The fraction of sp³-hybridized carbons (Fsp3) is 0.550. The Morgan fingerprint density at radius 3 is 2.59 bits per heavy atom. The van der Waals surface area contributed by atoms with E-state index < -0.39 is 0 Å². The van der Waals surface area contributed by atoms with Crippen LogP contribution in [0.4, 0.5) is 0 Å². The Balaban J connectivity index is 1.95. The van der Waals surface area contributed by atoms with Crippen LogP contribution >= 0.6 is 23.4 Å². The quantitative estimate of drug-likeness (QED) is 0.550. The Kier molecular flexibility index (Phi) is 6.48. The van der Waals surface area contributed by atoms with Gasteiger partial charge in [0.15, 0.2) is 5.16 Å². The van der Waals surface area contributed by atoms with Crippen molar-refractivity contribution in [3.8, 4) is 0 Å². The van der Waals surface area contributed by atoms with E-state index in [0.717, 1.165) is 25.9 Å². The molecule has 146 valence electrons. The van der Waals surface area contributed by atoms with Crippen molar-refractivity contribution in [2.45, 2.75) is 57.0 Å². The normalized spacial score (nSPS) is 16.1. The molecule has 1 saturated heterocycles. The number of hydrogen-bond acceptors (Lipinski definition) is 4. The number of benzene rings is 1. The van der Waals surface area contributed by atoms with Crippen molar-refractivity contribution >= 4 is 40.2 Å². The number of carbonyl (C=O) groups excluding carboxylic acids is 1. The number of hydrogen-bond donors (Lipinski definition) is 0. The second kappa shape index (κ2) is 8.65. The van der Waals surface area contributed by atoms with Gasteiger partial charge in [0.1, 0.15) is 0 Å². The van der Waals surface area contributed by atoms with E-state index in [1.165, 1.54) is 18.2 Å². The molecule has 0 saturated carbocycles. The second-order valence-corrected chi connectivity index (χ2v) is 9.26. The number of piperidine rings is 1. The Morgan fingerprint density at radius 1 is 1.22 bits per heavy atom. The molecule has 1 amide bonds. The fourth-order valence-electron chi connectivity index (χ4n) is 3.37. The highest BCUT2D eigenvalue weighted by Gasteiger charge is 2.25. The van der Waals surface area contributed by atoms with E-state index in [2.05, 4.69) is 13.8 Å². The number of likely N-dealkylation sites (tertiary alicyclic amines) is 1. The minimum atomic E-state index is -0.279. The highest BCUT2D eigenvalue weighted by atomic mass is 35.5. The highest BCUT2D eigenvalue weighted by molar-refractivity contribution is 8.00. The van der Waals surface area contributed by atoms with Gasteiger partial charge in [-0.15, -0.1) is 0 Å². The van der Waals surface area contributed by atoms with Gasteiger partial charge in [0, 0.05) is 24.7 Å². The summed E-state index contributed by atoms with van der Waals surface area (Å²) in [6.07, 6.45) is 3.32. The molecule has 1 aromatic heterocycles. The third kappa shape index (κ3) is 4.66. The maximum atomic E-state index is 13.0. The van der Waals surface area contributed by atoms with Gasteiger partial charge >= 0.3 is 0 Å². The third-order valence-electron chi connectivity index (χ3n) is 4.73. The van der Waals surface area contributed by atoms with Gasteiger partial charge in [0.25, 0.3) is 5.56 Å². The topological polar surface area (TPSA) is 55.2 Å². The van der Waals surface area contributed by atoms with Crippen LogP contribution < -0.4 is 5.56 Å². The summed E-state index contributed by atoms with van der Waals surface area (Å²) < 4.78 is 1.69. The summed E-state index contributed by atoms with van der Waals surface area (Å²) in [6, 6.07) is 5.17. The average Bonchev–Trinajstić information content (AvgIpc) is 2.65. The molecular weight excluding hydrogens is 382 g/mol. The van der Waals surface area contributed by atoms with Crippen LogP contribution in [-0.2, 0) is 11.3 Å². The van der Waals surface area contributed by atoms with Crippen molar-refractivity contribution in [1.82, 2.24) is 14.5 Å². The molecule has 1 aromatic carbocycles. The Hall–Kier alpha value is -1.53. The lowest BCUT2D eigenvalue weighted by molar-refractivity contribution is -0.131. The van der Waals surface area contributed by atoms with Crippen LogP contribution in [0.5, 0.6) is 0 Å². The zero-order valence-electron chi connectivity index (χ0n) is 16.1. The van der Waals surface area contributed by atoms with Gasteiger partial charge in [0.2, 0.25) is 5.91 Å². The summed E-state index contributed by atoms with van der Waals surface area (Å²) in [5.41, 5.74) is 0.515. The van der Waals surface area contributed by atoms with Crippen molar-refractivity contribution in [2.24, 2.45) is 5.92 Å². The average molecular weight is 408 g/mol. The van der Waals surface area contributed by atoms with E-state index in [-0.39, 0.29) is 22.6 Å². The molecule has 3 rings (SSSR count). The maximum absolute atomic E-state index is 13.0. The van der Waals surface area contributed by atoms with Crippen LogP contribution in [0.3, 0.4) is 0 Å². The van der Waals surface area contributed by atoms with Crippen LogP contribution in [-0.4, -0.2) is 38.7 Å². The minimum absolute atomic E-state index is 0.101. The van der Waals surface area contributed by atoms with Gasteiger partial charge in [-0.1, -0.05) is 37.2 Å². The summed E-state index contributed by atoms with van der Waals surface area (Å²) in [4.78, 5) is 32.5. The van der Waals surface area contributed by atoms with Crippen molar-refractivity contribution in [3.05, 3.63) is 33.6 Å². The number of fused-ring (bicyclic) bond motifs is 1. The van der Waals surface area contributed by atoms with Crippen molar-refractivity contribution in [2.75, 3.05) is 13.1 Å². The van der Waals surface area contributed by atoms with Gasteiger partial charge < -0.3 is 4.90 Å². The molecule has 2 heterocycles. The summed E-state index contributed by atoms with van der Waals surface area (Å²) >= 11 is 7.44. The molecule has 1 aliphatic heterocycles. The summed E-state index contributed by atoms with van der Waals surface area (Å²) in [5, 5.41) is 1.36. The summed E-state index contributed by atoms with van der Waals surface area (Å²) in [6.45, 7) is 8.23. The van der Waals surface area contributed by atoms with Crippen molar-refractivity contribution in [1.29, 1.82) is 0 Å². The molecule has 7 heteroatoms. The van der Waals surface area contributed by atoms with E-state index in [9.17, 15) is 9.59 Å². The van der Waals surface area contributed by atoms with Crippen LogP contribution in [0.25, 0.3) is 10.9 Å². The van der Waals surface area contributed by atoms with Crippen LogP contribution in [0.1, 0.15) is 40.0 Å². The number of amides is 1. The van der Waals surface area contributed by atoms with Gasteiger partial charge in [-0.05, 0) is 50.3 Å². The summed E-state index contributed by atoms with van der Waals surface area (Å²) in [7, 11) is 0. The molecule has 0 radical (unpaired) electrons. The first-order valence-corrected chi connectivity index (χ1v) is 10.8. The lowest BCUT2D eigenvalue weighted by Gasteiger charge is -2.29. The molecule has 1 atom stereocenters. The van der Waals surface area contributed by atoms with Gasteiger partial charge in [0.05, 0.1) is 16.2 Å². The molecular formula is C20H26ClN3O2S. The van der Waals surface area contributed by atoms with E-state index >= 15 is 0 Å². The minimum Gasteiger partial charge on any atom is -0.342 e. The number of halogens is 1. The van der Waals surface area contributed by atoms with Crippen LogP contribution in [0, 0.1) is 5.92 Å². The highest BCUT2D eigenvalue weighted by Crippen LogP contribution is 2.26. The largest absolute Gasteiger partial charge is 0.342 e. The number of nitrogens with zero attached hydrogens (tertiary/aromatic N) is 3. The third-order valence-corrected chi connectivity index (χ3v) is 6.04. The zero-order valence-corrected chi connectivity index (χ0v) is 17.6. The zero-order chi connectivity index (χ0) is 19.6. The lowest BCUT2D eigenvalue weighted by Crippen LogP contribution is -2.40. The van der Waals surface area contributed by atoms with Crippen LogP contribution in [0.15, 0.2) is 28.2 Å². The number of carbonyl (C=O) groups is 1. The standard InChI is InChI=1S/C20H26ClN3O2S/c1-13(2)12-24-19(26)16-11-15(21)7-8-17(16)22-20(24)27-14(3)18(25)23-9-5-4-6-10-23/h7-8,11,13-14H,4-6,9-10,12H2,1-3H3/t14-/m0/s1. The predicted molar refractivity (Wildman–Crippen MR) is 112 cm³/mol. The maximum Gasteiger partial charge on any atom is 0.262 e. The van der Waals surface area contributed by atoms with Crippen molar-refractivity contribution < 1.29 is 4.79 Å². The first-order valence-electron chi connectivity index (χ1n) is 9.52. The molecule has 0 unspecified atom stereocenters. The lowest BCUT2D eigenvalue weighted by atomic mass is 10.1. The predicted octanol–water partition coefficient (Wildman–Crippen LogP) is 4.20. The van der Waals surface area contributed by atoms with Crippen LogP contribution in [0.2, 0.25) is 5.02 Å². The fourth-order valence-corrected chi connectivity index (χ4v) is 4.54. The smallest absolute Gasteiger partial charge is 0.262 e. The molecule has 1 fully saturated rings. The SMILES string of the molecule is CC(C)Cn1c(S[C@@H](C)C(=O)N2CCCCC2)nc2ccc(Cl)cc2c1=O. The van der Waals surface area contributed by atoms with Gasteiger partial charge in [-0.3, -0.25) is 14.2 Å². The van der Waals surface area contributed by atoms with E-state index in [1.54, 1.807) is 22.8 Å². The Labute approximate surface area is 169 Å². The molecule has 0 spiro atoms. The van der Waals surface area contributed by atoms with Crippen molar-refractivity contribution in [3.63, 3.8) is 0 Å². The molecule has 1 aliphatic rings. The molecule has 0 N–H and O–H groups in total. The molecule has 2 aromatic rings. The van der Waals surface area contributed by atoms with E-state index in [4.69, 9.17) is 16.6 Å². The second-order valence-electron chi connectivity index (χ2n) is 7.51. The van der Waals surface area contributed by atoms with E-state index in [1.807, 2.05) is 11.8 Å².